The van der Waals surface area contributed by atoms with Crippen molar-refractivity contribution in [1.29, 1.82) is 0 Å². The second-order valence-corrected chi connectivity index (χ2v) is 11.5. The molecule has 0 radical (unpaired) electrons. The molecule has 0 spiro atoms. The zero-order valence-corrected chi connectivity index (χ0v) is 24.0. The zero-order valence-electron chi connectivity index (χ0n) is 23.3. The standard InChI is InChI=1S/C29H38ClN7O2/c1-29(2,3)39-25-16-21(37-14-12-19(13-15-37)26(31)38)10-11-24(25)34-28-32-17-22(30)27(35-28)33-23-9-7-6-8-20(23)18-36(4)5/h6-11,16-17,19H,12-15,18H2,1-5H3,(H2,31,38)(H2,32,33,34,35). The molecule has 1 fully saturated rings. The molecule has 0 atom stereocenters. The topological polar surface area (TPSA) is 109 Å². The molecule has 1 aliphatic rings. The van der Waals surface area contributed by atoms with Crippen molar-refractivity contribution in [3.63, 3.8) is 0 Å². The van der Waals surface area contributed by atoms with Crippen molar-refractivity contribution in [3.05, 3.63) is 59.2 Å². The zero-order chi connectivity index (χ0) is 28.2. The SMILES string of the molecule is CN(C)Cc1ccccc1Nc1nc(Nc2ccc(N3CCC(C(N)=O)CC3)cc2OC(C)(C)C)ncc1Cl. The lowest BCUT2D eigenvalue weighted by Gasteiger charge is -2.33. The third-order valence-electron chi connectivity index (χ3n) is 6.39. The lowest BCUT2D eigenvalue weighted by atomic mass is 9.96. The van der Waals surface area contributed by atoms with E-state index in [1.807, 2.05) is 71.3 Å². The normalized spacial score (nSPS) is 14.4. The van der Waals surface area contributed by atoms with Gasteiger partial charge in [-0.3, -0.25) is 4.79 Å². The van der Waals surface area contributed by atoms with E-state index in [9.17, 15) is 4.79 Å². The van der Waals surface area contributed by atoms with Crippen LogP contribution in [-0.2, 0) is 11.3 Å². The number of anilines is 5. The lowest BCUT2D eigenvalue weighted by Crippen LogP contribution is -2.38. The quantitative estimate of drug-likeness (QED) is 0.317. The summed E-state index contributed by atoms with van der Waals surface area (Å²) >= 11 is 6.48. The van der Waals surface area contributed by atoms with Crippen LogP contribution in [0.4, 0.5) is 28.8 Å². The summed E-state index contributed by atoms with van der Waals surface area (Å²) in [6.45, 7) is 8.33. The maximum absolute atomic E-state index is 11.6. The molecule has 4 rings (SSSR count). The van der Waals surface area contributed by atoms with Crippen molar-refractivity contribution < 1.29 is 9.53 Å². The number of primary amides is 1. The molecule has 208 valence electrons. The van der Waals surface area contributed by atoms with Crippen LogP contribution in [0.5, 0.6) is 5.75 Å². The van der Waals surface area contributed by atoms with Crippen LogP contribution in [0.15, 0.2) is 48.7 Å². The summed E-state index contributed by atoms with van der Waals surface area (Å²) in [5.74, 6) is 1.30. The predicted octanol–water partition coefficient (Wildman–Crippen LogP) is 5.56. The van der Waals surface area contributed by atoms with E-state index in [4.69, 9.17) is 22.1 Å². The molecular formula is C29H38ClN7O2. The predicted molar refractivity (Wildman–Crippen MR) is 158 cm³/mol. The third-order valence-corrected chi connectivity index (χ3v) is 6.67. The van der Waals surface area contributed by atoms with E-state index in [-0.39, 0.29) is 11.8 Å². The molecule has 9 nitrogen and oxygen atoms in total. The number of ether oxygens (including phenoxy) is 1. The molecule has 10 heteroatoms. The number of carbonyl (C=O) groups excluding carboxylic acids is 1. The minimum atomic E-state index is -0.419. The van der Waals surface area contributed by atoms with Crippen LogP contribution in [0, 0.1) is 5.92 Å². The Morgan fingerprint density at radius 3 is 2.51 bits per heavy atom. The van der Waals surface area contributed by atoms with Crippen molar-refractivity contribution in [2.24, 2.45) is 11.7 Å². The van der Waals surface area contributed by atoms with Crippen LogP contribution in [0.1, 0.15) is 39.2 Å². The van der Waals surface area contributed by atoms with E-state index < -0.39 is 5.60 Å². The summed E-state index contributed by atoms with van der Waals surface area (Å²) in [6, 6.07) is 14.1. The minimum absolute atomic E-state index is 0.0628. The molecule has 0 bridgehead atoms. The van der Waals surface area contributed by atoms with Crippen molar-refractivity contribution in [2.75, 3.05) is 42.7 Å². The first-order chi connectivity index (χ1) is 18.5. The maximum Gasteiger partial charge on any atom is 0.229 e. The average molecular weight is 552 g/mol. The molecule has 4 N–H and O–H groups in total. The summed E-state index contributed by atoms with van der Waals surface area (Å²) in [5, 5.41) is 7.10. The van der Waals surface area contributed by atoms with Crippen LogP contribution in [0.2, 0.25) is 5.02 Å². The largest absolute Gasteiger partial charge is 0.486 e. The van der Waals surface area contributed by atoms with E-state index in [2.05, 4.69) is 36.5 Å². The van der Waals surface area contributed by atoms with Gasteiger partial charge in [-0.2, -0.15) is 4.98 Å². The van der Waals surface area contributed by atoms with E-state index in [1.165, 1.54) is 0 Å². The summed E-state index contributed by atoms with van der Waals surface area (Å²) in [4.78, 5) is 25.0. The number of nitrogens with two attached hydrogens (primary N) is 1. The van der Waals surface area contributed by atoms with Gasteiger partial charge < -0.3 is 30.9 Å². The molecule has 0 unspecified atom stereocenters. The highest BCUT2D eigenvalue weighted by molar-refractivity contribution is 6.32. The number of piperidine rings is 1. The first-order valence-corrected chi connectivity index (χ1v) is 13.5. The molecule has 1 aromatic heterocycles. The van der Waals surface area contributed by atoms with Crippen molar-refractivity contribution in [1.82, 2.24) is 14.9 Å². The van der Waals surface area contributed by atoms with Crippen LogP contribution in [0.25, 0.3) is 0 Å². The molecular weight excluding hydrogens is 514 g/mol. The number of carbonyl (C=O) groups is 1. The minimum Gasteiger partial charge on any atom is -0.486 e. The summed E-state index contributed by atoms with van der Waals surface area (Å²) < 4.78 is 6.33. The molecule has 2 heterocycles. The summed E-state index contributed by atoms with van der Waals surface area (Å²) in [6.07, 6.45) is 3.07. The van der Waals surface area contributed by atoms with E-state index in [0.717, 1.165) is 55.1 Å². The fraction of sp³-hybridized carbons (Fsp3) is 0.414. The summed E-state index contributed by atoms with van der Waals surface area (Å²) in [7, 11) is 4.06. The summed E-state index contributed by atoms with van der Waals surface area (Å²) in [5.41, 5.74) is 8.92. The second-order valence-electron chi connectivity index (χ2n) is 11.1. The average Bonchev–Trinajstić information content (AvgIpc) is 2.87. The van der Waals surface area contributed by atoms with Crippen LogP contribution < -0.4 is 26.0 Å². The van der Waals surface area contributed by atoms with Gasteiger partial charge in [0.25, 0.3) is 0 Å². The van der Waals surface area contributed by atoms with Gasteiger partial charge in [-0.25, -0.2) is 4.98 Å². The molecule has 0 aliphatic carbocycles. The van der Waals surface area contributed by atoms with Crippen molar-refractivity contribution in [2.45, 2.75) is 45.8 Å². The van der Waals surface area contributed by atoms with Gasteiger partial charge >= 0.3 is 0 Å². The van der Waals surface area contributed by atoms with Gasteiger partial charge in [-0.1, -0.05) is 29.8 Å². The highest BCUT2D eigenvalue weighted by Gasteiger charge is 2.24. The molecule has 2 aromatic carbocycles. The first-order valence-electron chi connectivity index (χ1n) is 13.1. The van der Waals surface area contributed by atoms with E-state index in [0.29, 0.717) is 22.5 Å². The highest BCUT2D eigenvalue weighted by Crippen LogP contribution is 2.36. The van der Waals surface area contributed by atoms with E-state index in [1.54, 1.807) is 6.20 Å². The first kappa shape index (κ1) is 28.4. The second kappa shape index (κ2) is 12.1. The Bertz CT molecular complexity index is 1300. The number of hydrogen-bond donors (Lipinski definition) is 3. The van der Waals surface area contributed by atoms with Crippen molar-refractivity contribution >= 4 is 46.3 Å². The smallest absolute Gasteiger partial charge is 0.229 e. The number of nitrogens with zero attached hydrogens (tertiary/aromatic N) is 4. The Balaban J connectivity index is 1.58. The fourth-order valence-corrected chi connectivity index (χ4v) is 4.67. The van der Waals surface area contributed by atoms with Crippen LogP contribution in [-0.4, -0.2) is 53.6 Å². The number of rotatable bonds is 9. The van der Waals surface area contributed by atoms with Gasteiger partial charge in [-0.05, 0) is 71.5 Å². The number of nitrogens with one attached hydrogen (secondary N) is 2. The van der Waals surface area contributed by atoms with Gasteiger partial charge in [0.1, 0.15) is 16.4 Å². The molecule has 3 aromatic rings. The van der Waals surface area contributed by atoms with Gasteiger partial charge in [0.05, 0.1) is 11.9 Å². The van der Waals surface area contributed by atoms with Crippen LogP contribution >= 0.6 is 11.6 Å². The molecule has 39 heavy (non-hydrogen) atoms. The Morgan fingerprint density at radius 2 is 1.85 bits per heavy atom. The van der Waals surface area contributed by atoms with Gasteiger partial charge in [0.15, 0.2) is 5.82 Å². The third kappa shape index (κ3) is 7.74. The number of hydrogen-bond acceptors (Lipinski definition) is 8. The Labute approximate surface area is 235 Å². The fourth-order valence-electron chi connectivity index (χ4n) is 4.53. The maximum atomic E-state index is 11.6. The molecule has 1 aliphatic heterocycles. The Morgan fingerprint density at radius 1 is 1.13 bits per heavy atom. The number of benzene rings is 2. The van der Waals surface area contributed by atoms with Gasteiger partial charge in [0.2, 0.25) is 11.9 Å². The van der Waals surface area contributed by atoms with Crippen molar-refractivity contribution in [3.8, 4) is 5.75 Å². The molecule has 0 saturated carbocycles. The molecule has 1 amide bonds. The number of aromatic nitrogens is 2. The number of para-hydroxylation sites is 1. The highest BCUT2D eigenvalue weighted by atomic mass is 35.5. The van der Waals surface area contributed by atoms with Crippen LogP contribution in [0.3, 0.4) is 0 Å². The Kier molecular flexibility index (Phi) is 8.82. The van der Waals surface area contributed by atoms with Gasteiger partial charge in [0, 0.05) is 43.0 Å². The molecule has 1 saturated heterocycles. The van der Waals surface area contributed by atoms with Gasteiger partial charge in [-0.15, -0.1) is 0 Å². The Hall–Kier alpha value is -3.56. The number of halogens is 1. The monoisotopic (exact) mass is 551 g/mol. The van der Waals surface area contributed by atoms with E-state index >= 15 is 0 Å². The number of amides is 1. The lowest BCUT2D eigenvalue weighted by molar-refractivity contribution is -0.122.